The molecule has 68 valence electrons. The fourth-order valence-electron chi connectivity index (χ4n) is 0.212. The second-order valence-corrected chi connectivity index (χ2v) is 7.27. The Morgan fingerprint density at radius 3 is 2.00 bits per heavy atom. The maximum Gasteiger partial charge on any atom is 0.477 e. The topological polar surface area (TPSA) is 93.1 Å². The van der Waals surface area contributed by atoms with E-state index in [0.717, 1.165) is 0 Å². The van der Waals surface area contributed by atoms with E-state index in [4.69, 9.17) is 9.79 Å². The molecular formula is CH6O6P2S2. The van der Waals surface area contributed by atoms with E-state index in [0.29, 0.717) is 11.4 Å². The van der Waals surface area contributed by atoms with E-state index in [-0.39, 0.29) is 0 Å². The van der Waals surface area contributed by atoms with E-state index in [2.05, 4.69) is 21.2 Å². The van der Waals surface area contributed by atoms with Crippen LogP contribution in [0.4, 0.5) is 0 Å². The highest BCUT2D eigenvalue weighted by Crippen LogP contribution is 2.68. The average Bonchev–Trinajstić information content (AvgIpc) is 1.84. The van der Waals surface area contributed by atoms with E-state index in [1.807, 2.05) is 0 Å². The summed E-state index contributed by atoms with van der Waals surface area (Å²) in [5.41, 5.74) is 0. The van der Waals surface area contributed by atoms with Crippen LogP contribution in [0.5, 0.6) is 0 Å². The van der Waals surface area contributed by atoms with Crippen molar-refractivity contribution in [2.45, 2.75) is 0 Å². The Hall–Kier alpha value is 1.00. The summed E-state index contributed by atoms with van der Waals surface area (Å²) >= 11 is 3.68. The molecule has 11 heavy (non-hydrogen) atoms. The van der Waals surface area contributed by atoms with Crippen molar-refractivity contribution in [1.82, 2.24) is 0 Å². The number of thiol groups is 1. The lowest BCUT2D eigenvalue weighted by Crippen LogP contribution is -1.84. The van der Waals surface area contributed by atoms with Gasteiger partial charge in [0.25, 0.3) is 0 Å². The predicted octanol–water partition coefficient (Wildman–Crippen LogP) is 1.43. The van der Waals surface area contributed by atoms with Crippen LogP contribution < -0.4 is 0 Å². The van der Waals surface area contributed by atoms with Crippen LogP contribution in [0.15, 0.2) is 0 Å². The molecule has 1 unspecified atom stereocenters. The number of rotatable bonds is 4. The Bertz CT molecular complexity index is 201. The molecule has 0 fully saturated rings. The van der Waals surface area contributed by atoms with E-state index in [1.165, 1.54) is 6.26 Å². The molecule has 2 N–H and O–H groups in total. The SMILES string of the molecule is CSP(=O)(OS)OP(=O)(O)O. The minimum atomic E-state index is -4.78. The standard InChI is InChI=1S/CH6O6P2S2/c1-11-9(5,7-10)6-8(2,3)4/h10H,1H3,(H2,2,3,4). The zero-order valence-electron chi connectivity index (χ0n) is 5.28. The van der Waals surface area contributed by atoms with E-state index < -0.39 is 14.6 Å². The first kappa shape index (κ1) is 12.0. The first-order valence-electron chi connectivity index (χ1n) is 2.09. The molecule has 0 amide bonds. The van der Waals surface area contributed by atoms with Crippen LogP contribution in [0.1, 0.15) is 0 Å². The highest BCUT2D eigenvalue weighted by molar-refractivity contribution is 8.55. The number of hydrogen-bond acceptors (Lipinski definition) is 6. The van der Waals surface area contributed by atoms with Gasteiger partial charge < -0.3 is 9.79 Å². The monoisotopic (exact) mass is 240 g/mol. The highest BCUT2D eigenvalue weighted by Gasteiger charge is 2.32. The molecule has 0 rings (SSSR count). The summed E-state index contributed by atoms with van der Waals surface area (Å²) in [6.45, 7) is -3.78. The zero-order valence-corrected chi connectivity index (χ0v) is 8.78. The van der Waals surface area contributed by atoms with Crippen LogP contribution in [-0.2, 0) is 17.4 Å². The lowest BCUT2D eigenvalue weighted by Gasteiger charge is -2.11. The molecule has 0 saturated heterocycles. The highest BCUT2D eigenvalue weighted by atomic mass is 32.7. The van der Waals surface area contributed by atoms with Gasteiger partial charge in [-0.1, -0.05) is 0 Å². The van der Waals surface area contributed by atoms with Gasteiger partial charge in [-0.2, -0.15) is 4.31 Å². The van der Waals surface area contributed by atoms with Gasteiger partial charge in [-0.15, -0.1) is 0 Å². The number of phosphoric acid groups is 1. The van der Waals surface area contributed by atoms with E-state index in [9.17, 15) is 9.13 Å². The van der Waals surface area contributed by atoms with Crippen LogP contribution in [-0.4, -0.2) is 16.0 Å². The summed E-state index contributed by atoms with van der Waals surface area (Å²) in [7, 11) is -4.78. The molecule has 0 aliphatic rings. The van der Waals surface area contributed by atoms with Crippen LogP contribution in [0.2, 0.25) is 0 Å². The summed E-state index contributed by atoms with van der Waals surface area (Å²) in [4.78, 5) is 16.4. The molecule has 0 radical (unpaired) electrons. The Labute approximate surface area is 72.8 Å². The Morgan fingerprint density at radius 1 is 1.45 bits per heavy atom. The van der Waals surface area contributed by atoms with E-state index in [1.54, 1.807) is 0 Å². The molecule has 10 heteroatoms. The fraction of sp³-hybridized carbons (Fsp3) is 1.00. The summed E-state index contributed by atoms with van der Waals surface area (Å²) in [5, 5.41) is 0. The molecule has 0 spiro atoms. The van der Waals surface area contributed by atoms with Crippen molar-refractivity contribution in [2.75, 3.05) is 6.26 Å². The van der Waals surface area contributed by atoms with Gasteiger partial charge in [0.15, 0.2) is 0 Å². The van der Waals surface area contributed by atoms with Crippen molar-refractivity contribution in [3.63, 3.8) is 0 Å². The summed E-state index contributed by atoms with van der Waals surface area (Å²) in [5.74, 6) is 0. The van der Waals surface area contributed by atoms with Gasteiger partial charge >= 0.3 is 14.6 Å². The first-order valence-corrected chi connectivity index (χ1v) is 7.35. The van der Waals surface area contributed by atoms with Gasteiger partial charge in [-0.25, -0.2) is 13.1 Å². The predicted molar refractivity (Wildman–Crippen MR) is 44.3 cm³/mol. The van der Waals surface area contributed by atoms with Crippen molar-refractivity contribution in [3.05, 3.63) is 0 Å². The van der Waals surface area contributed by atoms with Gasteiger partial charge in [0.05, 0.1) is 0 Å². The molecule has 0 aromatic heterocycles. The summed E-state index contributed by atoms with van der Waals surface area (Å²) < 4.78 is 28.8. The van der Waals surface area contributed by atoms with Crippen molar-refractivity contribution in [3.8, 4) is 0 Å². The van der Waals surface area contributed by atoms with Gasteiger partial charge in [0.2, 0.25) is 0 Å². The van der Waals surface area contributed by atoms with Gasteiger partial charge in [-0.05, 0) is 30.5 Å². The summed E-state index contributed by atoms with van der Waals surface area (Å²) in [6, 6.07) is 0. The van der Waals surface area contributed by atoms with Crippen LogP contribution in [0, 0.1) is 0 Å². The van der Waals surface area contributed by atoms with Crippen LogP contribution in [0.25, 0.3) is 0 Å². The van der Waals surface area contributed by atoms with Crippen LogP contribution in [0.3, 0.4) is 0 Å². The molecule has 0 bridgehead atoms. The molecule has 0 aliphatic carbocycles. The molecule has 0 aromatic rings. The van der Waals surface area contributed by atoms with Crippen molar-refractivity contribution in [1.29, 1.82) is 0 Å². The van der Waals surface area contributed by atoms with Gasteiger partial charge in [0, 0.05) is 0 Å². The molecule has 6 nitrogen and oxygen atoms in total. The van der Waals surface area contributed by atoms with Crippen molar-refractivity contribution in [2.24, 2.45) is 0 Å². The van der Waals surface area contributed by atoms with Crippen molar-refractivity contribution >= 4 is 38.9 Å². The second kappa shape index (κ2) is 4.30. The maximum absolute atomic E-state index is 10.9. The largest absolute Gasteiger partial charge is 0.477 e. The number of hydrogen-bond donors (Lipinski definition) is 3. The first-order chi connectivity index (χ1) is 4.83. The minimum absolute atomic E-state index is 0.542. The second-order valence-electron chi connectivity index (χ2n) is 1.28. The molecule has 0 heterocycles. The lowest BCUT2D eigenvalue weighted by molar-refractivity contribution is 0.276. The Morgan fingerprint density at radius 2 is 1.91 bits per heavy atom. The molecule has 0 aliphatic heterocycles. The third-order valence-electron chi connectivity index (χ3n) is 0.530. The summed E-state index contributed by atoms with van der Waals surface area (Å²) in [6.07, 6.45) is 1.31. The van der Waals surface area contributed by atoms with Crippen LogP contribution >= 0.6 is 38.9 Å². The normalized spacial score (nSPS) is 17.8. The molecule has 0 aromatic carbocycles. The van der Waals surface area contributed by atoms with Gasteiger partial charge in [-0.3, -0.25) is 0 Å². The zero-order chi connectivity index (χ0) is 9.12. The minimum Gasteiger partial charge on any atom is -0.302 e. The van der Waals surface area contributed by atoms with Gasteiger partial charge in [0.1, 0.15) is 0 Å². The fourth-order valence-corrected chi connectivity index (χ4v) is 4.16. The molecule has 0 saturated carbocycles. The quantitative estimate of drug-likeness (QED) is 0.388. The molecular weight excluding hydrogens is 234 g/mol. The lowest BCUT2D eigenvalue weighted by atomic mass is 12.0. The Kier molecular flexibility index (Phi) is 4.69. The smallest absolute Gasteiger partial charge is 0.302 e. The maximum atomic E-state index is 10.9. The van der Waals surface area contributed by atoms with E-state index >= 15 is 0 Å². The Balaban J connectivity index is 4.34. The average molecular weight is 240 g/mol. The van der Waals surface area contributed by atoms with Crippen molar-refractivity contribution < 1.29 is 27.2 Å². The third kappa shape index (κ3) is 5.27. The third-order valence-corrected chi connectivity index (χ3v) is 5.97. The molecule has 1 atom stereocenters.